The molecular formula is C29H29N3O3. The highest BCUT2D eigenvalue weighted by Gasteiger charge is 2.38. The first kappa shape index (κ1) is 21.8. The van der Waals surface area contributed by atoms with Crippen molar-refractivity contribution in [3.05, 3.63) is 71.3 Å². The Balaban J connectivity index is 1.05. The number of nitrogens with one attached hydrogen (secondary N) is 1. The summed E-state index contributed by atoms with van der Waals surface area (Å²) in [5, 5.41) is 5.11. The molecule has 0 spiro atoms. The largest absolute Gasteiger partial charge is 0.343 e. The highest BCUT2D eigenvalue weighted by Crippen LogP contribution is 2.41. The lowest BCUT2D eigenvalue weighted by atomic mass is 9.80. The number of amides is 3. The molecule has 1 atom stereocenters. The average molecular weight is 468 g/mol. The van der Waals surface area contributed by atoms with Gasteiger partial charge in [0.25, 0.3) is 5.91 Å². The number of rotatable bonds is 5. The lowest BCUT2D eigenvalue weighted by Crippen LogP contribution is -2.40. The maximum atomic E-state index is 13.1. The van der Waals surface area contributed by atoms with E-state index < -0.39 is 0 Å². The van der Waals surface area contributed by atoms with Gasteiger partial charge in [0, 0.05) is 37.1 Å². The molecule has 3 heterocycles. The zero-order valence-corrected chi connectivity index (χ0v) is 19.9. The fourth-order valence-corrected chi connectivity index (χ4v) is 6.16. The lowest BCUT2D eigenvalue weighted by molar-refractivity contribution is -0.132. The normalized spacial score (nSPS) is 19.4. The number of hydrogen-bond donors (Lipinski definition) is 1. The zero-order chi connectivity index (χ0) is 24.1. The average Bonchev–Trinajstić information content (AvgIpc) is 3.33. The van der Waals surface area contributed by atoms with Crippen molar-refractivity contribution in [1.82, 2.24) is 4.90 Å². The van der Waals surface area contributed by atoms with Crippen molar-refractivity contribution < 1.29 is 14.4 Å². The molecule has 178 valence electrons. The van der Waals surface area contributed by atoms with Crippen LogP contribution in [0.1, 0.15) is 53.1 Å². The van der Waals surface area contributed by atoms with Crippen LogP contribution in [0.2, 0.25) is 0 Å². The van der Waals surface area contributed by atoms with Gasteiger partial charge in [-0.3, -0.25) is 14.4 Å². The van der Waals surface area contributed by atoms with Crippen LogP contribution in [0, 0.1) is 12.8 Å². The van der Waals surface area contributed by atoms with Crippen LogP contribution in [0.25, 0.3) is 10.8 Å². The number of nitrogens with zero attached hydrogens (tertiary/aromatic N) is 2. The molecular weight excluding hydrogens is 438 g/mol. The van der Waals surface area contributed by atoms with E-state index in [9.17, 15) is 14.4 Å². The van der Waals surface area contributed by atoms with Gasteiger partial charge in [-0.15, -0.1) is 0 Å². The highest BCUT2D eigenvalue weighted by molar-refractivity contribution is 6.25. The number of anilines is 2. The van der Waals surface area contributed by atoms with E-state index in [1.165, 1.54) is 0 Å². The molecule has 1 saturated heterocycles. The van der Waals surface area contributed by atoms with Gasteiger partial charge >= 0.3 is 0 Å². The molecule has 3 aliphatic rings. The van der Waals surface area contributed by atoms with Crippen molar-refractivity contribution in [2.45, 2.75) is 38.5 Å². The molecule has 0 bridgehead atoms. The van der Waals surface area contributed by atoms with E-state index in [4.69, 9.17) is 0 Å². The Bertz CT molecular complexity index is 1360. The third-order valence-electron chi connectivity index (χ3n) is 7.84. The summed E-state index contributed by atoms with van der Waals surface area (Å²) in [5.74, 6) is 0.392. The van der Waals surface area contributed by atoms with Gasteiger partial charge in [0.2, 0.25) is 11.8 Å². The van der Waals surface area contributed by atoms with Crippen molar-refractivity contribution >= 4 is 39.9 Å². The number of para-hydroxylation sites is 1. The van der Waals surface area contributed by atoms with Crippen LogP contribution in [0.4, 0.5) is 11.4 Å². The van der Waals surface area contributed by atoms with Gasteiger partial charge in [-0.1, -0.05) is 36.4 Å². The molecule has 3 aliphatic heterocycles. The van der Waals surface area contributed by atoms with Gasteiger partial charge in [0.15, 0.2) is 0 Å². The maximum Gasteiger partial charge on any atom is 0.259 e. The van der Waals surface area contributed by atoms with Gasteiger partial charge in [0.1, 0.15) is 0 Å². The minimum Gasteiger partial charge on any atom is -0.343 e. The SMILES string of the molecule is Cc1cc2c3c(cccc3c1)N(CCCC(=O)N1CCC(C3C(=O)Nc4ccccc43)CC1)C2=O. The quantitative estimate of drug-likeness (QED) is 0.582. The Morgan fingerprint density at radius 3 is 2.66 bits per heavy atom. The molecule has 3 aromatic carbocycles. The molecule has 0 radical (unpaired) electrons. The molecule has 1 unspecified atom stereocenters. The fourth-order valence-electron chi connectivity index (χ4n) is 6.16. The minimum atomic E-state index is -0.113. The monoisotopic (exact) mass is 467 g/mol. The smallest absolute Gasteiger partial charge is 0.259 e. The molecule has 1 fully saturated rings. The standard InChI is InChI=1S/C29H29N3O3/c1-18-16-20-6-4-9-24-26(20)22(17-18)29(35)32(24)13-5-10-25(33)31-14-11-19(12-15-31)27-21-7-2-3-8-23(21)30-28(27)34/h2-4,6-9,16-17,19,27H,5,10-15H2,1H3,(H,30,34). The number of aryl methyl sites for hydroxylation is 1. The molecule has 3 aromatic rings. The van der Waals surface area contributed by atoms with Gasteiger partial charge in [0.05, 0.1) is 17.2 Å². The van der Waals surface area contributed by atoms with Crippen LogP contribution in [-0.2, 0) is 9.59 Å². The summed E-state index contributed by atoms with van der Waals surface area (Å²) in [6.07, 6.45) is 2.72. The fraction of sp³-hybridized carbons (Fsp3) is 0.345. The van der Waals surface area contributed by atoms with Crippen LogP contribution in [0.15, 0.2) is 54.6 Å². The Morgan fingerprint density at radius 2 is 1.83 bits per heavy atom. The summed E-state index contributed by atoms with van der Waals surface area (Å²) in [4.78, 5) is 42.4. The third-order valence-corrected chi connectivity index (χ3v) is 7.84. The first-order valence-corrected chi connectivity index (χ1v) is 12.5. The number of carbonyl (C=O) groups excluding carboxylic acids is 3. The number of hydrogen-bond acceptors (Lipinski definition) is 3. The summed E-state index contributed by atoms with van der Waals surface area (Å²) >= 11 is 0. The second-order valence-corrected chi connectivity index (χ2v) is 10.0. The molecule has 0 aliphatic carbocycles. The van der Waals surface area contributed by atoms with Gasteiger partial charge in [-0.05, 0) is 66.8 Å². The zero-order valence-electron chi connectivity index (χ0n) is 19.9. The summed E-state index contributed by atoms with van der Waals surface area (Å²) in [5.41, 5.74) is 4.80. The molecule has 1 N–H and O–H groups in total. The predicted molar refractivity (Wildman–Crippen MR) is 137 cm³/mol. The summed E-state index contributed by atoms with van der Waals surface area (Å²) in [6, 6.07) is 18.0. The van der Waals surface area contributed by atoms with E-state index in [0.29, 0.717) is 32.5 Å². The molecule has 6 rings (SSSR count). The predicted octanol–water partition coefficient (Wildman–Crippen LogP) is 4.86. The lowest BCUT2D eigenvalue weighted by Gasteiger charge is -2.34. The van der Waals surface area contributed by atoms with Gasteiger partial charge in [-0.2, -0.15) is 0 Å². The number of piperidine rings is 1. The molecule has 35 heavy (non-hydrogen) atoms. The van der Waals surface area contributed by atoms with Crippen molar-refractivity contribution in [2.75, 3.05) is 29.9 Å². The number of carbonyl (C=O) groups is 3. The number of fused-ring (bicyclic) bond motifs is 1. The van der Waals surface area contributed by atoms with E-state index in [-0.39, 0.29) is 29.6 Å². The Labute approximate surface area is 204 Å². The van der Waals surface area contributed by atoms with Crippen LogP contribution in [0.5, 0.6) is 0 Å². The molecule has 0 saturated carbocycles. The number of likely N-dealkylation sites (tertiary alicyclic amines) is 1. The summed E-state index contributed by atoms with van der Waals surface area (Å²) in [6.45, 7) is 3.91. The van der Waals surface area contributed by atoms with Crippen molar-refractivity contribution in [2.24, 2.45) is 5.92 Å². The summed E-state index contributed by atoms with van der Waals surface area (Å²) < 4.78 is 0. The van der Waals surface area contributed by atoms with E-state index in [1.807, 2.05) is 65.3 Å². The Kier molecular flexibility index (Phi) is 5.32. The molecule has 6 heteroatoms. The van der Waals surface area contributed by atoms with Crippen molar-refractivity contribution in [3.63, 3.8) is 0 Å². The molecule has 6 nitrogen and oxygen atoms in total. The van der Waals surface area contributed by atoms with Crippen LogP contribution >= 0.6 is 0 Å². The summed E-state index contributed by atoms with van der Waals surface area (Å²) in [7, 11) is 0. The van der Waals surface area contributed by atoms with Gasteiger partial charge < -0.3 is 15.1 Å². The molecule has 0 aromatic heterocycles. The minimum absolute atomic E-state index is 0.0308. The highest BCUT2D eigenvalue weighted by atomic mass is 16.2. The number of benzene rings is 3. The van der Waals surface area contributed by atoms with E-state index in [2.05, 4.69) is 11.4 Å². The second kappa shape index (κ2) is 8.52. The van der Waals surface area contributed by atoms with E-state index in [0.717, 1.165) is 51.7 Å². The third kappa shape index (κ3) is 3.68. The van der Waals surface area contributed by atoms with Crippen LogP contribution in [0.3, 0.4) is 0 Å². The van der Waals surface area contributed by atoms with Gasteiger partial charge in [-0.25, -0.2) is 0 Å². The maximum absolute atomic E-state index is 13.1. The van der Waals surface area contributed by atoms with E-state index >= 15 is 0 Å². The van der Waals surface area contributed by atoms with Crippen molar-refractivity contribution in [1.29, 1.82) is 0 Å². The topological polar surface area (TPSA) is 69.7 Å². The van der Waals surface area contributed by atoms with Crippen LogP contribution < -0.4 is 10.2 Å². The van der Waals surface area contributed by atoms with Crippen molar-refractivity contribution in [3.8, 4) is 0 Å². The first-order valence-electron chi connectivity index (χ1n) is 12.5. The Hall–Kier alpha value is -3.67. The van der Waals surface area contributed by atoms with E-state index in [1.54, 1.807) is 0 Å². The van der Waals surface area contributed by atoms with Crippen LogP contribution in [-0.4, -0.2) is 42.3 Å². The second-order valence-electron chi connectivity index (χ2n) is 10.0. The molecule has 3 amide bonds. The first-order chi connectivity index (χ1) is 17.0. The Morgan fingerprint density at radius 1 is 1.03 bits per heavy atom.